The summed E-state index contributed by atoms with van der Waals surface area (Å²) in [6, 6.07) is 24.6. The van der Waals surface area contributed by atoms with E-state index in [2.05, 4.69) is 10.6 Å². The van der Waals surface area contributed by atoms with Crippen molar-refractivity contribution in [1.82, 2.24) is 10.6 Å². The van der Waals surface area contributed by atoms with Gasteiger partial charge in [0.2, 0.25) is 0 Å². The second-order valence-electron chi connectivity index (χ2n) is 6.37. The summed E-state index contributed by atoms with van der Waals surface area (Å²) >= 11 is 0. The van der Waals surface area contributed by atoms with Crippen LogP contribution in [0.25, 0.3) is 0 Å². The predicted octanol–water partition coefficient (Wildman–Crippen LogP) is 3.86. The molecule has 0 saturated carbocycles. The van der Waals surface area contributed by atoms with Crippen LogP contribution >= 0.6 is 0 Å². The van der Waals surface area contributed by atoms with Crippen molar-refractivity contribution in [2.45, 2.75) is 20.0 Å². The van der Waals surface area contributed by atoms with E-state index in [0.717, 1.165) is 16.7 Å². The molecule has 0 saturated heterocycles. The molecule has 0 unspecified atom stereocenters. The fourth-order valence-electron chi connectivity index (χ4n) is 2.76. The van der Waals surface area contributed by atoms with E-state index < -0.39 is 0 Å². The van der Waals surface area contributed by atoms with Crippen LogP contribution < -0.4 is 10.6 Å². The van der Waals surface area contributed by atoms with Gasteiger partial charge in [-0.3, -0.25) is 9.59 Å². The molecule has 3 aromatic carbocycles. The maximum atomic E-state index is 12.6. The first-order chi connectivity index (χ1) is 13.1. The minimum atomic E-state index is -0.198. The molecular weight excluding hydrogens is 336 g/mol. The molecule has 0 heterocycles. The van der Waals surface area contributed by atoms with Gasteiger partial charge >= 0.3 is 0 Å². The molecular formula is C23H22N2O2. The van der Waals surface area contributed by atoms with Crippen LogP contribution in [0.2, 0.25) is 0 Å². The van der Waals surface area contributed by atoms with Crippen molar-refractivity contribution in [3.8, 4) is 0 Å². The number of hydrogen-bond donors (Lipinski definition) is 2. The molecule has 4 nitrogen and oxygen atoms in total. The first-order valence-corrected chi connectivity index (χ1v) is 8.88. The summed E-state index contributed by atoms with van der Waals surface area (Å²) in [5.41, 5.74) is 3.87. The molecule has 0 aliphatic rings. The Kier molecular flexibility index (Phi) is 6.00. The largest absolute Gasteiger partial charge is 0.348 e. The van der Waals surface area contributed by atoms with Crippen LogP contribution in [-0.2, 0) is 13.1 Å². The highest BCUT2D eigenvalue weighted by Gasteiger charge is 2.13. The molecule has 3 rings (SSSR count). The van der Waals surface area contributed by atoms with Crippen molar-refractivity contribution in [2.24, 2.45) is 0 Å². The van der Waals surface area contributed by atoms with Crippen molar-refractivity contribution >= 4 is 11.8 Å². The number of nitrogens with one attached hydrogen (secondary N) is 2. The lowest BCUT2D eigenvalue weighted by Gasteiger charge is -2.11. The van der Waals surface area contributed by atoms with Crippen LogP contribution in [-0.4, -0.2) is 11.8 Å². The summed E-state index contributed by atoms with van der Waals surface area (Å²) in [5.74, 6) is -0.384. The van der Waals surface area contributed by atoms with Crippen molar-refractivity contribution in [2.75, 3.05) is 0 Å². The first-order valence-electron chi connectivity index (χ1n) is 8.88. The number of carbonyl (C=O) groups excluding carboxylic acids is 2. The zero-order valence-corrected chi connectivity index (χ0v) is 15.2. The molecule has 0 aromatic heterocycles. The van der Waals surface area contributed by atoms with E-state index in [1.54, 1.807) is 18.2 Å². The smallest absolute Gasteiger partial charge is 0.251 e. The Bertz CT molecular complexity index is 922. The number of amides is 2. The summed E-state index contributed by atoms with van der Waals surface area (Å²) in [4.78, 5) is 25.0. The molecule has 0 aliphatic heterocycles. The number of carbonyl (C=O) groups is 2. The van der Waals surface area contributed by atoms with Crippen molar-refractivity contribution in [1.29, 1.82) is 0 Å². The van der Waals surface area contributed by atoms with E-state index in [4.69, 9.17) is 0 Å². The van der Waals surface area contributed by atoms with Gasteiger partial charge in [-0.2, -0.15) is 0 Å². The summed E-state index contributed by atoms with van der Waals surface area (Å²) in [6.45, 7) is 2.76. The van der Waals surface area contributed by atoms with Gasteiger partial charge < -0.3 is 10.6 Å². The van der Waals surface area contributed by atoms with Gasteiger partial charge in [0.1, 0.15) is 0 Å². The highest BCUT2D eigenvalue weighted by Crippen LogP contribution is 2.12. The van der Waals surface area contributed by atoms with Crippen LogP contribution in [0.5, 0.6) is 0 Å². The van der Waals surface area contributed by atoms with Crippen molar-refractivity contribution in [3.05, 3.63) is 107 Å². The number of hydrogen-bond acceptors (Lipinski definition) is 2. The second-order valence-corrected chi connectivity index (χ2v) is 6.37. The molecule has 0 fully saturated rings. The number of benzene rings is 3. The molecule has 27 heavy (non-hydrogen) atoms. The fourth-order valence-corrected chi connectivity index (χ4v) is 2.76. The number of rotatable bonds is 6. The standard InChI is InChI=1S/C23H22N2O2/c1-17-12-13-20(22(26)24-15-18-8-4-2-5-9-18)14-21(17)23(27)25-16-19-10-6-3-7-11-19/h2-14H,15-16H2,1H3,(H,24,26)(H,25,27). The topological polar surface area (TPSA) is 58.2 Å². The summed E-state index contributed by atoms with van der Waals surface area (Å²) in [6.07, 6.45) is 0. The average molecular weight is 358 g/mol. The minimum Gasteiger partial charge on any atom is -0.348 e. The van der Waals surface area contributed by atoms with E-state index in [0.29, 0.717) is 24.2 Å². The summed E-state index contributed by atoms with van der Waals surface area (Å²) in [5, 5.41) is 5.80. The van der Waals surface area contributed by atoms with E-state index in [1.807, 2.05) is 67.6 Å². The summed E-state index contributed by atoms with van der Waals surface area (Å²) < 4.78 is 0. The molecule has 0 radical (unpaired) electrons. The lowest BCUT2D eigenvalue weighted by molar-refractivity contribution is 0.0950. The molecule has 0 atom stereocenters. The molecule has 2 amide bonds. The Morgan fingerprint density at radius 3 is 1.78 bits per heavy atom. The highest BCUT2D eigenvalue weighted by molar-refractivity contribution is 6.00. The van der Waals surface area contributed by atoms with Gasteiger partial charge in [-0.05, 0) is 35.7 Å². The Morgan fingerprint density at radius 1 is 0.704 bits per heavy atom. The van der Waals surface area contributed by atoms with Crippen LogP contribution in [0.1, 0.15) is 37.4 Å². The molecule has 4 heteroatoms. The Balaban J connectivity index is 1.66. The minimum absolute atomic E-state index is 0.186. The van der Waals surface area contributed by atoms with E-state index in [-0.39, 0.29) is 11.8 Å². The van der Waals surface area contributed by atoms with Gasteiger partial charge in [0.05, 0.1) is 0 Å². The quantitative estimate of drug-likeness (QED) is 0.703. The predicted molar refractivity (Wildman–Crippen MR) is 106 cm³/mol. The zero-order valence-electron chi connectivity index (χ0n) is 15.2. The molecule has 0 spiro atoms. The van der Waals surface area contributed by atoms with Crippen LogP contribution in [0.15, 0.2) is 78.9 Å². The normalized spacial score (nSPS) is 10.3. The van der Waals surface area contributed by atoms with Gasteiger partial charge in [0, 0.05) is 24.2 Å². The molecule has 2 N–H and O–H groups in total. The third-order valence-corrected chi connectivity index (χ3v) is 4.34. The Morgan fingerprint density at radius 2 is 1.22 bits per heavy atom. The third-order valence-electron chi connectivity index (χ3n) is 4.34. The van der Waals surface area contributed by atoms with Crippen LogP contribution in [0.4, 0.5) is 0 Å². The zero-order chi connectivity index (χ0) is 19.1. The van der Waals surface area contributed by atoms with Gasteiger partial charge in [-0.15, -0.1) is 0 Å². The van der Waals surface area contributed by atoms with Gasteiger partial charge in [-0.1, -0.05) is 66.7 Å². The first kappa shape index (κ1) is 18.4. The van der Waals surface area contributed by atoms with Crippen molar-refractivity contribution in [3.63, 3.8) is 0 Å². The molecule has 0 aliphatic carbocycles. The molecule has 0 bridgehead atoms. The third kappa shape index (κ3) is 5.05. The van der Waals surface area contributed by atoms with E-state index >= 15 is 0 Å². The van der Waals surface area contributed by atoms with E-state index in [9.17, 15) is 9.59 Å². The maximum Gasteiger partial charge on any atom is 0.251 e. The lowest BCUT2D eigenvalue weighted by atomic mass is 10.0. The monoisotopic (exact) mass is 358 g/mol. The molecule has 3 aromatic rings. The van der Waals surface area contributed by atoms with Crippen molar-refractivity contribution < 1.29 is 9.59 Å². The average Bonchev–Trinajstić information content (AvgIpc) is 2.72. The Labute approximate surface area is 159 Å². The SMILES string of the molecule is Cc1ccc(C(=O)NCc2ccccc2)cc1C(=O)NCc1ccccc1. The Hall–Kier alpha value is -3.40. The van der Waals surface area contributed by atoms with Gasteiger partial charge in [0.25, 0.3) is 11.8 Å². The summed E-state index contributed by atoms with van der Waals surface area (Å²) in [7, 11) is 0. The maximum absolute atomic E-state index is 12.6. The van der Waals surface area contributed by atoms with Crippen LogP contribution in [0.3, 0.4) is 0 Å². The van der Waals surface area contributed by atoms with E-state index in [1.165, 1.54) is 0 Å². The van der Waals surface area contributed by atoms with Crippen LogP contribution in [0, 0.1) is 6.92 Å². The highest BCUT2D eigenvalue weighted by atomic mass is 16.2. The lowest BCUT2D eigenvalue weighted by Crippen LogP contribution is -2.26. The van der Waals surface area contributed by atoms with Gasteiger partial charge in [-0.25, -0.2) is 0 Å². The second kappa shape index (κ2) is 8.81. The van der Waals surface area contributed by atoms with Gasteiger partial charge in [0.15, 0.2) is 0 Å². The number of aryl methyl sites for hydroxylation is 1. The fraction of sp³-hybridized carbons (Fsp3) is 0.130. The molecule has 136 valence electrons.